The lowest BCUT2D eigenvalue weighted by atomic mass is 9.90. The van der Waals surface area contributed by atoms with Crippen LogP contribution in [0.2, 0.25) is 0 Å². The van der Waals surface area contributed by atoms with Gasteiger partial charge in [0.1, 0.15) is 5.82 Å². The van der Waals surface area contributed by atoms with E-state index in [0.717, 1.165) is 6.42 Å². The van der Waals surface area contributed by atoms with E-state index in [1.54, 1.807) is 0 Å². The number of benzene rings is 2. The second-order valence-electron chi connectivity index (χ2n) is 7.09. The molecule has 6 nitrogen and oxygen atoms in total. The topological polar surface area (TPSA) is 92.5 Å². The van der Waals surface area contributed by atoms with Gasteiger partial charge in [-0.25, -0.2) is 12.8 Å². The maximum absolute atomic E-state index is 12.9. The smallest absolute Gasteiger partial charge is 0.255 e. The van der Waals surface area contributed by atoms with Gasteiger partial charge in [0.15, 0.2) is 0 Å². The SMILES string of the molecule is CC1(CN)CCN(S(=O)(=O)c2ccc(NC(=O)c3ccc(F)cc3)cc2)C1. The molecule has 0 spiro atoms. The van der Waals surface area contributed by atoms with Gasteiger partial charge in [0, 0.05) is 24.3 Å². The highest BCUT2D eigenvalue weighted by molar-refractivity contribution is 7.89. The number of sulfonamides is 1. The lowest BCUT2D eigenvalue weighted by Gasteiger charge is -2.22. The molecule has 3 rings (SSSR count). The molecule has 1 saturated heterocycles. The largest absolute Gasteiger partial charge is 0.330 e. The van der Waals surface area contributed by atoms with Gasteiger partial charge in [-0.05, 0) is 66.9 Å². The van der Waals surface area contributed by atoms with Gasteiger partial charge in [-0.2, -0.15) is 4.31 Å². The Morgan fingerprint density at radius 1 is 1.19 bits per heavy atom. The number of nitrogens with zero attached hydrogens (tertiary/aromatic N) is 1. The molecule has 1 fully saturated rings. The van der Waals surface area contributed by atoms with E-state index in [0.29, 0.717) is 30.9 Å². The van der Waals surface area contributed by atoms with Crippen LogP contribution in [0.25, 0.3) is 0 Å². The predicted molar refractivity (Wildman–Crippen MR) is 101 cm³/mol. The molecule has 27 heavy (non-hydrogen) atoms. The molecule has 0 saturated carbocycles. The highest BCUT2D eigenvalue weighted by Gasteiger charge is 2.38. The summed E-state index contributed by atoms with van der Waals surface area (Å²) in [5.74, 6) is -0.822. The first-order chi connectivity index (χ1) is 12.7. The standard InChI is InChI=1S/C19H22FN3O3S/c1-19(12-21)10-11-23(13-19)27(25,26)17-8-6-16(7-9-17)22-18(24)14-2-4-15(20)5-3-14/h2-9H,10-13,21H2,1H3,(H,22,24). The molecule has 1 aliphatic heterocycles. The Kier molecular flexibility index (Phi) is 5.32. The summed E-state index contributed by atoms with van der Waals surface area (Å²) < 4.78 is 40.0. The fourth-order valence-electron chi connectivity index (χ4n) is 3.01. The van der Waals surface area contributed by atoms with Crippen molar-refractivity contribution in [3.8, 4) is 0 Å². The Balaban J connectivity index is 1.71. The number of amides is 1. The Labute approximate surface area is 158 Å². The van der Waals surface area contributed by atoms with Gasteiger partial charge < -0.3 is 11.1 Å². The van der Waals surface area contributed by atoms with Crippen molar-refractivity contribution in [3.63, 3.8) is 0 Å². The van der Waals surface area contributed by atoms with Crippen molar-refractivity contribution in [1.82, 2.24) is 4.31 Å². The van der Waals surface area contributed by atoms with Gasteiger partial charge in [-0.15, -0.1) is 0 Å². The third kappa shape index (κ3) is 4.18. The molecule has 8 heteroatoms. The molecule has 0 aliphatic carbocycles. The zero-order valence-corrected chi connectivity index (χ0v) is 15.8. The third-order valence-electron chi connectivity index (χ3n) is 4.87. The minimum absolute atomic E-state index is 0.170. The van der Waals surface area contributed by atoms with Crippen LogP contribution in [-0.2, 0) is 10.0 Å². The summed E-state index contributed by atoms with van der Waals surface area (Å²) in [5, 5.41) is 2.66. The van der Waals surface area contributed by atoms with Crippen molar-refractivity contribution in [1.29, 1.82) is 0 Å². The van der Waals surface area contributed by atoms with Crippen LogP contribution in [0.5, 0.6) is 0 Å². The summed E-state index contributed by atoms with van der Waals surface area (Å²) >= 11 is 0. The van der Waals surface area contributed by atoms with Crippen LogP contribution in [0.1, 0.15) is 23.7 Å². The van der Waals surface area contributed by atoms with Crippen LogP contribution < -0.4 is 11.1 Å². The van der Waals surface area contributed by atoms with E-state index in [-0.39, 0.29) is 10.3 Å². The van der Waals surface area contributed by atoms with Crippen molar-refractivity contribution in [2.24, 2.45) is 11.1 Å². The second kappa shape index (κ2) is 7.38. The molecule has 1 amide bonds. The Morgan fingerprint density at radius 3 is 2.37 bits per heavy atom. The molecular formula is C19H22FN3O3S. The average Bonchev–Trinajstić information content (AvgIpc) is 3.06. The number of rotatable bonds is 5. The number of hydrogen-bond acceptors (Lipinski definition) is 4. The molecule has 2 aromatic rings. The highest BCUT2D eigenvalue weighted by atomic mass is 32.2. The van der Waals surface area contributed by atoms with Crippen LogP contribution in [0.4, 0.5) is 10.1 Å². The van der Waals surface area contributed by atoms with E-state index in [9.17, 15) is 17.6 Å². The second-order valence-corrected chi connectivity index (χ2v) is 9.03. The number of nitrogens with two attached hydrogens (primary N) is 1. The van der Waals surface area contributed by atoms with E-state index < -0.39 is 21.7 Å². The maximum Gasteiger partial charge on any atom is 0.255 e. The van der Waals surface area contributed by atoms with Crippen molar-refractivity contribution < 1.29 is 17.6 Å². The van der Waals surface area contributed by atoms with Crippen LogP contribution in [0.15, 0.2) is 53.4 Å². The zero-order chi connectivity index (χ0) is 19.7. The number of anilines is 1. The molecular weight excluding hydrogens is 369 g/mol. The van der Waals surface area contributed by atoms with Crippen LogP contribution in [-0.4, -0.2) is 38.3 Å². The first kappa shape index (κ1) is 19.5. The van der Waals surface area contributed by atoms with Crippen molar-refractivity contribution >= 4 is 21.6 Å². The van der Waals surface area contributed by atoms with Gasteiger partial charge in [0.2, 0.25) is 10.0 Å². The predicted octanol–water partition coefficient (Wildman–Crippen LogP) is 2.44. The van der Waals surface area contributed by atoms with Crippen molar-refractivity contribution in [3.05, 3.63) is 59.9 Å². The van der Waals surface area contributed by atoms with Gasteiger partial charge in [0.05, 0.1) is 4.90 Å². The molecule has 3 N–H and O–H groups in total. The van der Waals surface area contributed by atoms with Gasteiger partial charge in [-0.3, -0.25) is 4.79 Å². The van der Waals surface area contributed by atoms with Crippen LogP contribution in [0, 0.1) is 11.2 Å². The normalized spacial score (nSPS) is 20.6. The summed E-state index contributed by atoms with van der Waals surface area (Å²) in [4.78, 5) is 12.3. The number of halogens is 1. The lowest BCUT2D eigenvalue weighted by Crippen LogP contribution is -2.34. The fraction of sp³-hybridized carbons (Fsp3) is 0.316. The monoisotopic (exact) mass is 391 g/mol. The Hall–Kier alpha value is -2.29. The highest BCUT2D eigenvalue weighted by Crippen LogP contribution is 2.32. The number of carbonyl (C=O) groups excluding carboxylic acids is 1. The molecule has 0 aromatic heterocycles. The summed E-state index contributed by atoms with van der Waals surface area (Å²) in [5.41, 5.74) is 6.32. The summed E-state index contributed by atoms with van der Waals surface area (Å²) in [6.45, 7) is 3.26. The third-order valence-corrected chi connectivity index (χ3v) is 6.73. The molecule has 0 bridgehead atoms. The van der Waals surface area contributed by atoms with Crippen LogP contribution >= 0.6 is 0 Å². The van der Waals surface area contributed by atoms with Gasteiger partial charge in [0.25, 0.3) is 5.91 Å². The molecule has 144 valence electrons. The Bertz CT molecular complexity index is 930. The fourth-order valence-corrected chi connectivity index (χ4v) is 4.61. The van der Waals surface area contributed by atoms with Gasteiger partial charge in [-0.1, -0.05) is 6.92 Å². The molecule has 1 aliphatic rings. The molecule has 1 heterocycles. The maximum atomic E-state index is 12.9. The number of hydrogen-bond donors (Lipinski definition) is 2. The zero-order valence-electron chi connectivity index (χ0n) is 15.0. The molecule has 1 atom stereocenters. The first-order valence-corrected chi connectivity index (χ1v) is 10.0. The first-order valence-electron chi connectivity index (χ1n) is 8.61. The lowest BCUT2D eigenvalue weighted by molar-refractivity contribution is 0.102. The summed E-state index contributed by atoms with van der Waals surface area (Å²) in [6.07, 6.45) is 0.731. The number of nitrogens with one attached hydrogen (secondary N) is 1. The molecule has 2 aromatic carbocycles. The van der Waals surface area contributed by atoms with E-state index in [4.69, 9.17) is 5.73 Å². The molecule has 0 radical (unpaired) electrons. The minimum atomic E-state index is -3.60. The Morgan fingerprint density at radius 2 is 1.81 bits per heavy atom. The van der Waals surface area contributed by atoms with Crippen molar-refractivity contribution in [2.45, 2.75) is 18.2 Å². The van der Waals surface area contributed by atoms with E-state index in [2.05, 4.69) is 5.32 Å². The van der Waals surface area contributed by atoms with Crippen LogP contribution in [0.3, 0.4) is 0 Å². The van der Waals surface area contributed by atoms with Crippen molar-refractivity contribution in [2.75, 3.05) is 25.0 Å². The quantitative estimate of drug-likeness (QED) is 0.819. The molecule has 1 unspecified atom stereocenters. The number of carbonyl (C=O) groups is 1. The van der Waals surface area contributed by atoms with Gasteiger partial charge >= 0.3 is 0 Å². The van der Waals surface area contributed by atoms with E-state index >= 15 is 0 Å². The average molecular weight is 391 g/mol. The minimum Gasteiger partial charge on any atom is -0.330 e. The summed E-state index contributed by atoms with van der Waals surface area (Å²) in [6, 6.07) is 11.2. The van der Waals surface area contributed by atoms with E-state index in [1.165, 1.54) is 52.8 Å². The summed E-state index contributed by atoms with van der Waals surface area (Å²) in [7, 11) is -3.60. The van der Waals surface area contributed by atoms with E-state index in [1.807, 2.05) is 6.92 Å².